The van der Waals surface area contributed by atoms with E-state index >= 15 is 0 Å². The van der Waals surface area contributed by atoms with Crippen molar-refractivity contribution in [2.24, 2.45) is 11.8 Å². The molecule has 2 N–H and O–H groups in total. The Hall–Kier alpha value is -1.95. The van der Waals surface area contributed by atoms with Crippen molar-refractivity contribution < 1.29 is 9.59 Å². The highest BCUT2D eigenvalue weighted by Gasteiger charge is 2.51. The zero-order valence-corrected chi connectivity index (χ0v) is 11.5. The molecule has 2 aliphatic rings. The van der Waals surface area contributed by atoms with Crippen LogP contribution >= 0.6 is 11.3 Å². The Morgan fingerprint density at radius 2 is 1.90 bits per heavy atom. The van der Waals surface area contributed by atoms with Crippen molar-refractivity contribution in [2.75, 3.05) is 10.6 Å². The van der Waals surface area contributed by atoms with Crippen LogP contribution in [0, 0.1) is 11.8 Å². The van der Waals surface area contributed by atoms with Gasteiger partial charge < -0.3 is 5.73 Å². The third-order valence-electron chi connectivity index (χ3n) is 4.18. The minimum atomic E-state index is -0.125. The monoisotopic (exact) mass is 287 g/mol. The Balaban J connectivity index is 1.79. The number of anilines is 2. The van der Waals surface area contributed by atoms with Crippen molar-refractivity contribution in [3.05, 3.63) is 18.2 Å². The summed E-state index contributed by atoms with van der Waals surface area (Å²) in [6.45, 7) is 0. The molecule has 5 nitrogen and oxygen atoms in total. The van der Waals surface area contributed by atoms with E-state index in [0.29, 0.717) is 10.8 Å². The maximum atomic E-state index is 12.4. The van der Waals surface area contributed by atoms with Crippen LogP contribution in [0.25, 0.3) is 10.2 Å². The first-order chi connectivity index (χ1) is 9.65. The highest BCUT2D eigenvalue weighted by molar-refractivity contribution is 7.22. The van der Waals surface area contributed by atoms with Crippen LogP contribution < -0.4 is 10.6 Å². The predicted octanol–water partition coefficient (Wildman–Crippen LogP) is 2.17. The number of hydrogen-bond donors (Lipinski definition) is 1. The van der Waals surface area contributed by atoms with Gasteiger partial charge >= 0.3 is 0 Å². The van der Waals surface area contributed by atoms with E-state index in [-0.39, 0.29) is 23.7 Å². The minimum absolute atomic E-state index is 0.0791. The van der Waals surface area contributed by atoms with Crippen LogP contribution in [0.15, 0.2) is 18.2 Å². The van der Waals surface area contributed by atoms with Gasteiger partial charge in [0, 0.05) is 5.69 Å². The van der Waals surface area contributed by atoms with Crippen molar-refractivity contribution in [1.82, 2.24) is 4.98 Å². The van der Waals surface area contributed by atoms with Gasteiger partial charge in [0.05, 0.1) is 22.1 Å². The van der Waals surface area contributed by atoms with Gasteiger partial charge in [-0.05, 0) is 31.0 Å². The largest absolute Gasteiger partial charge is 0.399 e. The van der Waals surface area contributed by atoms with Crippen molar-refractivity contribution in [3.63, 3.8) is 0 Å². The Kier molecular flexibility index (Phi) is 2.38. The Bertz CT molecular complexity index is 717. The summed E-state index contributed by atoms with van der Waals surface area (Å²) < 4.78 is 0.901. The molecule has 2 fully saturated rings. The maximum absolute atomic E-state index is 12.4. The molecule has 1 aliphatic heterocycles. The van der Waals surface area contributed by atoms with E-state index in [2.05, 4.69) is 4.98 Å². The lowest BCUT2D eigenvalue weighted by Gasteiger charge is -2.11. The van der Waals surface area contributed by atoms with E-state index in [1.165, 1.54) is 16.2 Å². The fraction of sp³-hybridized carbons (Fsp3) is 0.357. The quantitative estimate of drug-likeness (QED) is 0.644. The number of rotatable bonds is 1. The van der Waals surface area contributed by atoms with Crippen molar-refractivity contribution in [2.45, 2.75) is 19.3 Å². The zero-order chi connectivity index (χ0) is 13.9. The molecule has 2 atom stereocenters. The van der Waals surface area contributed by atoms with E-state index in [4.69, 9.17) is 5.73 Å². The molecule has 0 bridgehead atoms. The van der Waals surface area contributed by atoms with Crippen LogP contribution in [-0.2, 0) is 9.59 Å². The van der Waals surface area contributed by atoms with Gasteiger partial charge in [-0.25, -0.2) is 9.88 Å². The number of nitrogens with zero attached hydrogens (tertiary/aromatic N) is 2. The van der Waals surface area contributed by atoms with E-state index < -0.39 is 0 Å². The van der Waals surface area contributed by atoms with Crippen LogP contribution in [0.4, 0.5) is 10.8 Å². The van der Waals surface area contributed by atoms with Crippen LogP contribution in [0.3, 0.4) is 0 Å². The topological polar surface area (TPSA) is 76.3 Å². The molecule has 1 aliphatic carbocycles. The first-order valence-corrected chi connectivity index (χ1v) is 7.50. The fourth-order valence-corrected chi connectivity index (χ4v) is 4.23. The van der Waals surface area contributed by atoms with E-state index in [9.17, 15) is 9.59 Å². The first-order valence-electron chi connectivity index (χ1n) is 6.69. The molecular formula is C14H13N3O2S. The molecule has 1 saturated heterocycles. The summed E-state index contributed by atoms with van der Waals surface area (Å²) in [6, 6.07) is 5.41. The molecule has 4 rings (SSSR count). The highest BCUT2D eigenvalue weighted by Crippen LogP contribution is 2.43. The smallest absolute Gasteiger partial charge is 0.239 e. The molecule has 0 radical (unpaired) electrons. The predicted molar refractivity (Wildman–Crippen MR) is 77.4 cm³/mol. The van der Waals surface area contributed by atoms with E-state index in [1.54, 1.807) is 6.07 Å². The summed E-state index contributed by atoms with van der Waals surface area (Å²) in [7, 11) is 0. The van der Waals surface area contributed by atoms with Gasteiger partial charge in [0.2, 0.25) is 11.8 Å². The number of nitrogen functional groups attached to an aromatic ring is 1. The van der Waals surface area contributed by atoms with Gasteiger partial charge in [-0.2, -0.15) is 0 Å². The first kappa shape index (κ1) is 11.8. The second-order valence-corrected chi connectivity index (χ2v) is 6.39. The number of hydrogen-bond acceptors (Lipinski definition) is 5. The number of imide groups is 1. The fourth-order valence-electron chi connectivity index (χ4n) is 3.20. The zero-order valence-electron chi connectivity index (χ0n) is 10.7. The van der Waals surface area contributed by atoms with E-state index in [1.807, 2.05) is 12.1 Å². The molecule has 1 saturated carbocycles. The van der Waals surface area contributed by atoms with Crippen LogP contribution in [0.1, 0.15) is 19.3 Å². The molecule has 2 heterocycles. The van der Waals surface area contributed by atoms with Crippen molar-refractivity contribution in [1.29, 1.82) is 0 Å². The summed E-state index contributed by atoms with van der Waals surface area (Å²) in [6.07, 6.45) is 2.62. The van der Waals surface area contributed by atoms with Gasteiger partial charge in [0.25, 0.3) is 0 Å². The van der Waals surface area contributed by atoms with Gasteiger partial charge in [-0.1, -0.05) is 17.8 Å². The molecule has 6 heteroatoms. The SMILES string of the molecule is Nc1ccc2nc(N3C(=O)C4CCCC4C3=O)sc2c1. The van der Waals surface area contributed by atoms with E-state index in [0.717, 1.165) is 29.5 Å². The number of aromatic nitrogens is 1. The maximum Gasteiger partial charge on any atom is 0.239 e. The summed E-state index contributed by atoms with van der Waals surface area (Å²) >= 11 is 1.35. The average molecular weight is 287 g/mol. The highest BCUT2D eigenvalue weighted by atomic mass is 32.1. The number of fused-ring (bicyclic) bond motifs is 2. The summed E-state index contributed by atoms with van der Waals surface area (Å²) in [4.78, 5) is 30.5. The molecule has 0 spiro atoms. The minimum Gasteiger partial charge on any atom is -0.399 e. The van der Waals surface area contributed by atoms with Gasteiger partial charge in [-0.3, -0.25) is 9.59 Å². The standard InChI is InChI=1S/C14H13N3O2S/c15-7-4-5-10-11(6-7)20-14(16-10)17-12(18)8-2-1-3-9(8)13(17)19/h4-6,8-9H,1-3,15H2. The van der Waals surface area contributed by atoms with Crippen LogP contribution in [-0.4, -0.2) is 16.8 Å². The average Bonchev–Trinajstić information content (AvgIpc) is 3.07. The lowest BCUT2D eigenvalue weighted by Crippen LogP contribution is -2.31. The Morgan fingerprint density at radius 1 is 1.20 bits per heavy atom. The lowest BCUT2D eigenvalue weighted by atomic mass is 10.00. The number of carbonyl (C=O) groups is 2. The molecular weight excluding hydrogens is 274 g/mol. The summed E-state index contributed by atoms with van der Waals surface area (Å²) in [5.41, 5.74) is 7.18. The normalized spacial score (nSPS) is 25.7. The number of carbonyl (C=O) groups excluding carboxylic acids is 2. The molecule has 2 amide bonds. The number of thiazole rings is 1. The second-order valence-electron chi connectivity index (χ2n) is 5.38. The molecule has 2 aromatic rings. The lowest BCUT2D eigenvalue weighted by molar-refractivity contribution is -0.122. The number of nitrogens with two attached hydrogens (primary N) is 1. The van der Waals surface area contributed by atoms with Gasteiger partial charge in [0.15, 0.2) is 5.13 Å². The molecule has 1 aromatic carbocycles. The Morgan fingerprint density at radius 3 is 2.60 bits per heavy atom. The molecule has 1 aromatic heterocycles. The van der Waals surface area contributed by atoms with Gasteiger partial charge in [-0.15, -0.1) is 0 Å². The van der Waals surface area contributed by atoms with Gasteiger partial charge in [0.1, 0.15) is 0 Å². The van der Waals surface area contributed by atoms with Crippen LogP contribution in [0.5, 0.6) is 0 Å². The Labute approximate surface area is 119 Å². The van der Waals surface area contributed by atoms with Crippen molar-refractivity contribution in [3.8, 4) is 0 Å². The molecule has 2 unspecified atom stereocenters. The van der Waals surface area contributed by atoms with Crippen molar-refractivity contribution >= 4 is 44.2 Å². The molecule has 102 valence electrons. The summed E-state index contributed by atoms with van der Waals surface area (Å²) in [5.74, 6) is -0.409. The van der Waals surface area contributed by atoms with Crippen LogP contribution in [0.2, 0.25) is 0 Å². The number of amides is 2. The second kappa shape index (κ2) is 4.02. The third kappa shape index (κ3) is 1.51. The summed E-state index contributed by atoms with van der Waals surface area (Å²) in [5, 5.41) is 0.481. The number of benzene rings is 1. The third-order valence-corrected chi connectivity index (χ3v) is 5.19. The molecule has 20 heavy (non-hydrogen) atoms.